The molecule has 18 heavy (non-hydrogen) atoms. The van der Waals surface area contributed by atoms with Crippen molar-refractivity contribution in [1.29, 1.82) is 0 Å². The van der Waals surface area contributed by atoms with Gasteiger partial charge in [-0.05, 0) is 19.4 Å². The number of hydrogen-bond acceptors (Lipinski definition) is 3. The first-order chi connectivity index (χ1) is 8.52. The molecule has 0 N–H and O–H groups in total. The lowest BCUT2D eigenvalue weighted by Crippen LogP contribution is -2.44. The summed E-state index contributed by atoms with van der Waals surface area (Å²) in [6.45, 7) is 4.95. The fourth-order valence-electron chi connectivity index (χ4n) is 2.28. The number of carbonyl (C=O) groups is 2. The number of carbonyl (C=O) groups excluding carboxylic acids is 2. The van der Waals surface area contributed by atoms with Crippen LogP contribution >= 0.6 is 0 Å². The number of hydrogen-bond donors (Lipinski definition) is 0. The Hall–Kier alpha value is -1.65. The number of piperidine rings is 1. The van der Waals surface area contributed by atoms with Gasteiger partial charge in [-0.2, -0.15) is 5.10 Å². The first-order valence-electron chi connectivity index (χ1n) is 6.35. The van der Waals surface area contributed by atoms with Crippen LogP contribution in [-0.4, -0.2) is 39.5 Å². The second kappa shape index (κ2) is 4.92. The zero-order valence-corrected chi connectivity index (χ0v) is 11.1. The summed E-state index contributed by atoms with van der Waals surface area (Å²) in [7, 11) is 1.82. The molecule has 0 aromatic carbocycles. The van der Waals surface area contributed by atoms with Gasteiger partial charge in [0.1, 0.15) is 5.78 Å². The van der Waals surface area contributed by atoms with E-state index in [4.69, 9.17) is 0 Å². The van der Waals surface area contributed by atoms with Crippen molar-refractivity contribution < 1.29 is 9.59 Å². The quantitative estimate of drug-likeness (QED) is 0.790. The number of aromatic nitrogens is 2. The van der Waals surface area contributed by atoms with E-state index in [0.29, 0.717) is 25.2 Å². The zero-order chi connectivity index (χ0) is 13.3. The van der Waals surface area contributed by atoms with Crippen LogP contribution in [0, 0.1) is 12.8 Å². The molecule has 1 fully saturated rings. The van der Waals surface area contributed by atoms with E-state index in [1.54, 1.807) is 15.6 Å². The van der Waals surface area contributed by atoms with Crippen molar-refractivity contribution in [3.05, 3.63) is 17.5 Å². The van der Waals surface area contributed by atoms with Gasteiger partial charge in [-0.1, -0.05) is 6.92 Å². The van der Waals surface area contributed by atoms with E-state index in [1.165, 1.54) is 0 Å². The molecule has 1 aliphatic rings. The minimum absolute atomic E-state index is 0.00694. The predicted octanol–water partition coefficient (Wildman–Crippen LogP) is 1.17. The first-order valence-corrected chi connectivity index (χ1v) is 6.35. The van der Waals surface area contributed by atoms with Gasteiger partial charge < -0.3 is 4.90 Å². The van der Waals surface area contributed by atoms with E-state index in [0.717, 1.165) is 12.1 Å². The van der Waals surface area contributed by atoms with Gasteiger partial charge in [-0.3, -0.25) is 14.3 Å². The van der Waals surface area contributed by atoms with Crippen LogP contribution in [0.5, 0.6) is 0 Å². The third-order valence-corrected chi connectivity index (χ3v) is 3.64. The van der Waals surface area contributed by atoms with Gasteiger partial charge in [0.2, 0.25) is 0 Å². The highest BCUT2D eigenvalue weighted by Gasteiger charge is 2.29. The number of ketones is 1. The molecule has 0 saturated carbocycles. The zero-order valence-electron chi connectivity index (χ0n) is 11.1. The maximum Gasteiger partial charge on any atom is 0.274 e. The lowest BCUT2D eigenvalue weighted by molar-refractivity contribution is -0.125. The number of aryl methyl sites for hydroxylation is 2. The molecular formula is C13H19N3O2. The number of amides is 1. The molecule has 1 saturated heterocycles. The molecule has 1 atom stereocenters. The Bertz CT molecular complexity index is 459. The van der Waals surface area contributed by atoms with Gasteiger partial charge in [0.05, 0.1) is 0 Å². The number of likely N-dealkylation sites (tertiary alicyclic amines) is 1. The lowest BCUT2D eigenvalue weighted by Gasteiger charge is -2.30. The minimum Gasteiger partial charge on any atom is -0.336 e. The van der Waals surface area contributed by atoms with Crippen molar-refractivity contribution >= 4 is 11.7 Å². The second-order valence-electron chi connectivity index (χ2n) is 4.87. The van der Waals surface area contributed by atoms with Crippen LogP contribution in [-0.2, 0) is 11.8 Å². The third-order valence-electron chi connectivity index (χ3n) is 3.64. The monoisotopic (exact) mass is 249 g/mol. The van der Waals surface area contributed by atoms with E-state index in [2.05, 4.69) is 5.10 Å². The number of Topliss-reactive ketones (excluding diaryl/α,β-unsaturated/α-hetero) is 1. The Labute approximate surface area is 107 Å². The number of nitrogens with zero attached hydrogens (tertiary/aromatic N) is 3. The van der Waals surface area contributed by atoms with Crippen LogP contribution in [0.3, 0.4) is 0 Å². The molecule has 98 valence electrons. The summed E-state index contributed by atoms with van der Waals surface area (Å²) in [5.41, 5.74) is 1.43. The van der Waals surface area contributed by atoms with Gasteiger partial charge in [0.15, 0.2) is 5.69 Å². The summed E-state index contributed by atoms with van der Waals surface area (Å²) in [4.78, 5) is 25.7. The molecule has 5 heteroatoms. The van der Waals surface area contributed by atoms with Crippen molar-refractivity contribution in [2.45, 2.75) is 26.7 Å². The van der Waals surface area contributed by atoms with Crippen LogP contribution in [0.2, 0.25) is 0 Å². The Balaban J connectivity index is 2.12. The molecule has 0 spiro atoms. The van der Waals surface area contributed by atoms with Crippen LogP contribution in [0.25, 0.3) is 0 Å². The molecule has 1 unspecified atom stereocenters. The van der Waals surface area contributed by atoms with Crippen molar-refractivity contribution in [2.24, 2.45) is 13.0 Å². The fourth-order valence-corrected chi connectivity index (χ4v) is 2.28. The maximum atomic E-state index is 12.3. The van der Waals surface area contributed by atoms with Crippen LogP contribution in [0.15, 0.2) is 6.07 Å². The Morgan fingerprint density at radius 1 is 1.56 bits per heavy atom. The Morgan fingerprint density at radius 2 is 2.28 bits per heavy atom. The standard InChI is InChI=1S/C13H19N3O2/c1-4-10-8-16(6-5-12(10)17)13(18)11-7-9(2)15(3)14-11/h7,10H,4-6,8H2,1-3H3. The normalized spacial score (nSPS) is 20.3. The first kappa shape index (κ1) is 12.8. The molecule has 2 rings (SSSR count). The van der Waals surface area contributed by atoms with Gasteiger partial charge in [0, 0.05) is 38.2 Å². The molecule has 1 aromatic rings. The molecule has 5 nitrogen and oxygen atoms in total. The van der Waals surface area contributed by atoms with E-state index in [1.807, 2.05) is 20.9 Å². The van der Waals surface area contributed by atoms with E-state index < -0.39 is 0 Å². The summed E-state index contributed by atoms with van der Waals surface area (Å²) in [6.07, 6.45) is 1.26. The smallest absolute Gasteiger partial charge is 0.274 e. The van der Waals surface area contributed by atoms with Crippen molar-refractivity contribution in [3.63, 3.8) is 0 Å². The minimum atomic E-state index is -0.0651. The summed E-state index contributed by atoms with van der Waals surface area (Å²) in [5.74, 6) is 0.205. The molecule has 0 bridgehead atoms. The highest BCUT2D eigenvalue weighted by Crippen LogP contribution is 2.18. The molecule has 1 aromatic heterocycles. The SMILES string of the molecule is CCC1CN(C(=O)c2cc(C)n(C)n2)CCC1=O. The second-order valence-corrected chi connectivity index (χ2v) is 4.87. The largest absolute Gasteiger partial charge is 0.336 e. The highest BCUT2D eigenvalue weighted by atomic mass is 16.2. The van der Waals surface area contributed by atoms with E-state index in [9.17, 15) is 9.59 Å². The maximum absolute atomic E-state index is 12.3. The molecule has 0 radical (unpaired) electrons. The summed E-state index contributed by atoms with van der Waals surface area (Å²) in [5, 5.41) is 4.20. The molecule has 1 amide bonds. The lowest BCUT2D eigenvalue weighted by atomic mass is 9.94. The predicted molar refractivity (Wildman–Crippen MR) is 67.3 cm³/mol. The topological polar surface area (TPSA) is 55.2 Å². The van der Waals surface area contributed by atoms with Crippen LogP contribution in [0.1, 0.15) is 35.9 Å². The van der Waals surface area contributed by atoms with Gasteiger partial charge in [-0.25, -0.2) is 0 Å². The van der Waals surface area contributed by atoms with Crippen molar-refractivity contribution in [2.75, 3.05) is 13.1 Å². The molecule has 1 aliphatic heterocycles. The van der Waals surface area contributed by atoms with E-state index >= 15 is 0 Å². The summed E-state index contributed by atoms with van der Waals surface area (Å²) in [6, 6.07) is 1.79. The fraction of sp³-hybridized carbons (Fsp3) is 0.615. The van der Waals surface area contributed by atoms with Gasteiger partial charge in [0.25, 0.3) is 5.91 Å². The van der Waals surface area contributed by atoms with Crippen LogP contribution < -0.4 is 0 Å². The number of rotatable bonds is 2. The van der Waals surface area contributed by atoms with Gasteiger partial charge in [-0.15, -0.1) is 0 Å². The Kier molecular flexibility index (Phi) is 3.50. The van der Waals surface area contributed by atoms with E-state index in [-0.39, 0.29) is 17.6 Å². The molecule has 2 heterocycles. The van der Waals surface area contributed by atoms with Gasteiger partial charge >= 0.3 is 0 Å². The average Bonchev–Trinajstić information content (AvgIpc) is 2.69. The van der Waals surface area contributed by atoms with Crippen LogP contribution in [0.4, 0.5) is 0 Å². The average molecular weight is 249 g/mol. The summed E-state index contributed by atoms with van der Waals surface area (Å²) >= 11 is 0. The third kappa shape index (κ3) is 2.30. The Morgan fingerprint density at radius 3 is 2.83 bits per heavy atom. The van der Waals surface area contributed by atoms with Crippen molar-refractivity contribution in [1.82, 2.24) is 14.7 Å². The summed E-state index contributed by atoms with van der Waals surface area (Å²) < 4.78 is 1.69. The molecule has 0 aliphatic carbocycles. The molecular weight excluding hydrogens is 230 g/mol. The highest BCUT2D eigenvalue weighted by molar-refractivity contribution is 5.94. The van der Waals surface area contributed by atoms with Crippen molar-refractivity contribution in [3.8, 4) is 0 Å².